The zero-order chi connectivity index (χ0) is 34.6. The molecule has 0 radical (unpaired) electrons. The molecule has 0 saturated heterocycles. The molecule has 3 aliphatic heterocycles. The normalized spacial score (nSPS) is 14.4. The van der Waals surface area contributed by atoms with Gasteiger partial charge in [-0.25, -0.2) is 0 Å². The van der Waals surface area contributed by atoms with Gasteiger partial charge in [0, 0.05) is 17.1 Å². The Hall–Kier alpha value is -6.44. The Bertz CT molecular complexity index is 2130. The van der Waals surface area contributed by atoms with Crippen LogP contribution in [-0.2, 0) is 0 Å². The van der Waals surface area contributed by atoms with Crippen LogP contribution < -0.4 is 0 Å². The van der Waals surface area contributed by atoms with Crippen molar-refractivity contribution in [3.63, 3.8) is 0 Å². The summed E-state index contributed by atoms with van der Waals surface area (Å²) in [5, 5.41) is 0. The number of allylic oxidation sites excluding steroid dienone is 9. The fourth-order valence-electron chi connectivity index (χ4n) is 7.32. The van der Waals surface area contributed by atoms with Crippen molar-refractivity contribution in [3.8, 4) is 33.4 Å². The zero-order valence-electron chi connectivity index (χ0n) is 29.0. The molecule has 3 aliphatic rings. The first kappa shape index (κ1) is 31.8. The van der Waals surface area contributed by atoms with Crippen LogP contribution in [0, 0.1) is 0 Å². The van der Waals surface area contributed by atoms with Gasteiger partial charge in [0.05, 0.1) is 0 Å². The molecule has 1 nitrogen and oxygen atoms in total. The van der Waals surface area contributed by atoms with E-state index in [2.05, 4.69) is 205 Å². The molecule has 0 saturated carbocycles. The molecule has 0 atom stereocenters. The van der Waals surface area contributed by atoms with Gasteiger partial charge >= 0.3 is 0 Å². The molecule has 0 aliphatic carbocycles. The molecule has 9 rings (SSSR count). The number of rotatable bonds is 6. The number of benzene rings is 6. The summed E-state index contributed by atoms with van der Waals surface area (Å²) in [4.78, 5) is 2.40. The highest BCUT2D eigenvalue weighted by Gasteiger charge is 2.29. The lowest BCUT2D eigenvalue weighted by atomic mass is 9.85. The van der Waals surface area contributed by atoms with E-state index in [1.807, 2.05) is 13.8 Å². The minimum Gasteiger partial charge on any atom is -0.310 e. The van der Waals surface area contributed by atoms with E-state index in [1.165, 1.54) is 66.8 Å². The summed E-state index contributed by atoms with van der Waals surface area (Å²) in [5.74, 6) is 0. The summed E-state index contributed by atoms with van der Waals surface area (Å²) >= 11 is 0. The van der Waals surface area contributed by atoms with E-state index in [0.29, 0.717) is 0 Å². The zero-order valence-corrected chi connectivity index (χ0v) is 29.0. The molecule has 0 spiro atoms. The van der Waals surface area contributed by atoms with Gasteiger partial charge in [-0.3, -0.25) is 0 Å². The SMILES string of the molecule is C1=C(c2ccccc2-c2ccccc2)C=C2C=C(c3ccccc3-c3ccccc3)C=C3C=C(c4ccccc4-c4ccccc4)C=C1N23.CC. The second kappa shape index (κ2) is 14.2. The standard InChI is InChI=1S/C48H33N.C2H6/c1-4-16-34(17-5-1)43-22-10-13-25-46(43)37-28-40-30-38(47-26-14-11-23-44(47)35-18-6-2-7-19-35)32-42-33-39(31-41(29-37)49(40)42)48-27-15-12-24-45(48)36-20-8-3-9-21-36;1-2/h1-33H;1-2H3. The predicted molar refractivity (Wildman–Crippen MR) is 217 cm³/mol. The third kappa shape index (κ3) is 6.16. The van der Waals surface area contributed by atoms with Gasteiger partial charge in [-0.1, -0.05) is 178 Å². The van der Waals surface area contributed by atoms with Gasteiger partial charge in [0.25, 0.3) is 0 Å². The monoisotopic (exact) mass is 653 g/mol. The summed E-state index contributed by atoms with van der Waals surface area (Å²) in [7, 11) is 0. The van der Waals surface area contributed by atoms with Crippen LogP contribution in [0.4, 0.5) is 0 Å². The van der Waals surface area contributed by atoms with Crippen LogP contribution in [0.3, 0.4) is 0 Å². The fourth-order valence-corrected chi connectivity index (χ4v) is 7.32. The molecule has 6 aromatic rings. The van der Waals surface area contributed by atoms with Crippen molar-refractivity contribution in [1.82, 2.24) is 4.90 Å². The Kier molecular flexibility index (Phi) is 8.85. The van der Waals surface area contributed by atoms with Crippen LogP contribution >= 0.6 is 0 Å². The molecule has 0 N–H and O–H groups in total. The molecule has 0 bridgehead atoms. The summed E-state index contributed by atoms with van der Waals surface area (Å²) in [6, 6.07) is 58.4. The van der Waals surface area contributed by atoms with Crippen molar-refractivity contribution < 1.29 is 0 Å². The lowest BCUT2D eigenvalue weighted by Gasteiger charge is -2.38. The average molecular weight is 654 g/mol. The van der Waals surface area contributed by atoms with Gasteiger partial charge < -0.3 is 4.90 Å². The lowest BCUT2D eigenvalue weighted by molar-refractivity contribution is 0.567. The topological polar surface area (TPSA) is 3.24 Å². The fraction of sp³-hybridized carbons (Fsp3) is 0.0400. The van der Waals surface area contributed by atoms with Crippen LogP contribution in [0.5, 0.6) is 0 Å². The molecule has 0 amide bonds. The van der Waals surface area contributed by atoms with Gasteiger partial charge in [0.1, 0.15) is 0 Å². The first-order valence-electron chi connectivity index (χ1n) is 17.8. The third-order valence-corrected chi connectivity index (χ3v) is 9.56. The van der Waals surface area contributed by atoms with Crippen molar-refractivity contribution in [2.45, 2.75) is 13.8 Å². The molecular formula is C50H39N. The highest BCUT2D eigenvalue weighted by atomic mass is 15.2. The quantitative estimate of drug-likeness (QED) is 0.173. The maximum absolute atomic E-state index is 2.40. The van der Waals surface area contributed by atoms with Gasteiger partial charge in [0.2, 0.25) is 0 Å². The summed E-state index contributed by atoms with van der Waals surface area (Å²) in [5.41, 5.74) is 18.1. The molecule has 244 valence electrons. The molecule has 3 heterocycles. The van der Waals surface area contributed by atoms with Crippen molar-refractivity contribution in [1.29, 1.82) is 0 Å². The second-order valence-corrected chi connectivity index (χ2v) is 12.6. The van der Waals surface area contributed by atoms with Crippen molar-refractivity contribution >= 4 is 16.7 Å². The lowest BCUT2D eigenvalue weighted by Crippen LogP contribution is -2.26. The van der Waals surface area contributed by atoms with Crippen molar-refractivity contribution in [2.24, 2.45) is 0 Å². The Labute approximate surface area is 301 Å². The Morgan fingerprint density at radius 2 is 0.490 bits per heavy atom. The van der Waals surface area contributed by atoms with E-state index in [-0.39, 0.29) is 0 Å². The van der Waals surface area contributed by atoms with E-state index in [0.717, 1.165) is 17.1 Å². The molecule has 51 heavy (non-hydrogen) atoms. The van der Waals surface area contributed by atoms with Crippen LogP contribution in [-0.4, -0.2) is 4.90 Å². The minimum atomic E-state index is 1.16. The minimum absolute atomic E-state index is 1.16. The Balaban J connectivity index is 0.00000184. The highest BCUT2D eigenvalue weighted by molar-refractivity contribution is 5.96. The maximum Gasteiger partial charge on any atom is 0.0474 e. The van der Waals surface area contributed by atoms with Crippen molar-refractivity contribution in [3.05, 3.63) is 234 Å². The molecule has 0 aromatic heterocycles. The predicted octanol–water partition coefficient (Wildman–Crippen LogP) is 13.3. The van der Waals surface area contributed by atoms with Gasteiger partial charge in [-0.05, 0) is 103 Å². The Morgan fingerprint density at radius 3 is 0.765 bits per heavy atom. The smallest absolute Gasteiger partial charge is 0.0474 e. The first-order chi connectivity index (χ1) is 25.3. The van der Waals surface area contributed by atoms with E-state index < -0.39 is 0 Å². The number of hydrogen-bond donors (Lipinski definition) is 0. The highest BCUT2D eigenvalue weighted by Crippen LogP contribution is 2.46. The molecule has 6 aromatic carbocycles. The van der Waals surface area contributed by atoms with E-state index in [4.69, 9.17) is 0 Å². The summed E-state index contributed by atoms with van der Waals surface area (Å²) in [6.07, 6.45) is 14.1. The summed E-state index contributed by atoms with van der Waals surface area (Å²) < 4.78 is 0. The van der Waals surface area contributed by atoms with Crippen molar-refractivity contribution in [2.75, 3.05) is 0 Å². The number of nitrogens with zero attached hydrogens (tertiary/aromatic N) is 1. The molecular weight excluding hydrogens is 615 g/mol. The first-order valence-corrected chi connectivity index (χ1v) is 17.8. The van der Waals surface area contributed by atoms with Gasteiger partial charge in [-0.2, -0.15) is 0 Å². The van der Waals surface area contributed by atoms with E-state index in [1.54, 1.807) is 0 Å². The Morgan fingerprint density at radius 1 is 0.255 bits per heavy atom. The van der Waals surface area contributed by atoms with E-state index in [9.17, 15) is 0 Å². The average Bonchev–Trinajstić information content (AvgIpc) is 3.22. The molecule has 1 heteroatoms. The molecule has 0 unspecified atom stereocenters. The summed E-state index contributed by atoms with van der Waals surface area (Å²) in [6.45, 7) is 4.00. The van der Waals surface area contributed by atoms with E-state index >= 15 is 0 Å². The third-order valence-electron chi connectivity index (χ3n) is 9.56. The maximum atomic E-state index is 2.40. The van der Waals surface area contributed by atoms with Crippen LogP contribution in [0.15, 0.2) is 217 Å². The van der Waals surface area contributed by atoms with Crippen LogP contribution in [0.1, 0.15) is 30.5 Å². The largest absolute Gasteiger partial charge is 0.310 e. The number of hydrogen-bond acceptors (Lipinski definition) is 1. The van der Waals surface area contributed by atoms with Gasteiger partial charge in [0.15, 0.2) is 0 Å². The molecule has 0 fully saturated rings. The second-order valence-electron chi connectivity index (χ2n) is 12.6. The van der Waals surface area contributed by atoms with Gasteiger partial charge in [-0.15, -0.1) is 0 Å². The van der Waals surface area contributed by atoms with Crippen LogP contribution in [0.25, 0.3) is 50.1 Å². The van der Waals surface area contributed by atoms with Crippen LogP contribution in [0.2, 0.25) is 0 Å².